The van der Waals surface area contributed by atoms with E-state index in [0.717, 1.165) is 10.9 Å². The van der Waals surface area contributed by atoms with E-state index in [0.29, 0.717) is 11.3 Å². The molecule has 1 heterocycles. The fourth-order valence-electron chi connectivity index (χ4n) is 2.06. The molecule has 1 aromatic heterocycles. The Kier molecular flexibility index (Phi) is 5.00. The average Bonchev–Trinajstić information content (AvgIpc) is 2.51. The van der Waals surface area contributed by atoms with Crippen LogP contribution in [0.4, 0.5) is 0 Å². The maximum Gasteiger partial charge on any atom is 0.336 e. The van der Waals surface area contributed by atoms with Crippen molar-refractivity contribution in [2.24, 2.45) is 0 Å². The van der Waals surface area contributed by atoms with Gasteiger partial charge in [-0.1, -0.05) is 0 Å². The smallest absolute Gasteiger partial charge is 0.336 e. The molecule has 2 aromatic rings. The number of methoxy groups -OCH3 is 1. The van der Waals surface area contributed by atoms with Crippen molar-refractivity contribution in [1.82, 2.24) is 5.32 Å². The van der Waals surface area contributed by atoms with Gasteiger partial charge < -0.3 is 19.2 Å². The lowest BCUT2D eigenvalue weighted by Gasteiger charge is -2.12. The van der Waals surface area contributed by atoms with Crippen LogP contribution in [0, 0.1) is 6.92 Å². The number of carbonyl (C=O) groups is 2. The van der Waals surface area contributed by atoms with Gasteiger partial charge >= 0.3 is 11.6 Å². The van der Waals surface area contributed by atoms with E-state index in [1.165, 1.54) is 20.1 Å². The minimum absolute atomic E-state index is 0.275. The van der Waals surface area contributed by atoms with Gasteiger partial charge in [-0.15, -0.1) is 0 Å². The fraction of sp³-hybridized carbons (Fsp3) is 0.312. The Morgan fingerprint density at radius 1 is 1.30 bits per heavy atom. The molecule has 0 radical (unpaired) electrons. The summed E-state index contributed by atoms with van der Waals surface area (Å²) in [5, 5.41) is 3.24. The van der Waals surface area contributed by atoms with Gasteiger partial charge in [0.05, 0.1) is 7.11 Å². The van der Waals surface area contributed by atoms with Crippen molar-refractivity contribution in [3.8, 4) is 5.75 Å². The first-order valence-corrected chi connectivity index (χ1v) is 6.95. The van der Waals surface area contributed by atoms with E-state index in [2.05, 4.69) is 10.1 Å². The minimum atomic E-state index is -0.756. The Labute approximate surface area is 132 Å². The second-order valence-electron chi connectivity index (χ2n) is 5.01. The number of fused-ring (bicyclic) bond motifs is 1. The third-order valence-electron chi connectivity index (χ3n) is 3.22. The summed E-state index contributed by atoms with van der Waals surface area (Å²) in [5.41, 5.74) is 0.736. The summed E-state index contributed by atoms with van der Waals surface area (Å²) in [5.74, 6) is -0.623. The maximum atomic E-state index is 11.7. The lowest BCUT2D eigenvalue weighted by Crippen LogP contribution is -2.41. The van der Waals surface area contributed by atoms with Gasteiger partial charge in [-0.3, -0.25) is 4.79 Å². The first-order chi connectivity index (χ1) is 10.9. The van der Waals surface area contributed by atoms with Crippen LogP contribution in [-0.4, -0.2) is 31.6 Å². The number of benzene rings is 1. The van der Waals surface area contributed by atoms with E-state index in [1.807, 2.05) is 0 Å². The second kappa shape index (κ2) is 6.95. The zero-order chi connectivity index (χ0) is 17.0. The van der Waals surface area contributed by atoms with Crippen LogP contribution in [-0.2, 0) is 14.3 Å². The number of aryl methyl sites for hydroxylation is 1. The van der Waals surface area contributed by atoms with E-state index in [1.54, 1.807) is 25.1 Å². The summed E-state index contributed by atoms with van der Waals surface area (Å²) in [6.45, 7) is 3.04. The number of hydrogen-bond acceptors (Lipinski definition) is 6. The number of hydrogen-bond donors (Lipinski definition) is 1. The van der Waals surface area contributed by atoms with E-state index in [-0.39, 0.29) is 6.61 Å². The molecule has 7 nitrogen and oxygen atoms in total. The Morgan fingerprint density at radius 3 is 2.74 bits per heavy atom. The Morgan fingerprint density at radius 2 is 2.04 bits per heavy atom. The third-order valence-corrected chi connectivity index (χ3v) is 3.22. The predicted octanol–water partition coefficient (Wildman–Crippen LogP) is 1.16. The number of ether oxygens (including phenoxy) is 2. The molecule has 7 heteroatoms. The average molecular weight is 319 g/mol. The molecule has 0 aliphatic heterocycles. The molecule has 0 saturated heterocycles. The van der Waals surface area contributed by atoms with Gasteiger partial charge in [0.15, 0.2) is 6.61 Å². The maximum absolute atomic E-state index is 11.7. The molecule has 122 valence electrons. The van der Waals surface area contributed by atoms with Gasteiger partial charge in [0.25, 0.3) is 5.91 Å². The van der Waals surface area contributed by atoms with E-state index in [4.69, 9.17) is 9.15 Å². The van der Waals surface area contributed by atoms with E-state index in [9.17, 15) is 14.4 Å². The Hall–Kier alpha value is -2.83. The molecule has 0 fully saturated rings. The van der Waals surface area contributed by atoms with Crippen LogP contribution < -0.4 is 15.7 Å². The van der Waals surface area contributed by atoms with Gasteiger partial charge in [0.1, 0.15) is 17.4 Å². The van der Waals surface area contributed by atoms with Crippen LogP contribution >= 0.6 is 0 Å². The largest absolute Gasteiger partial charge is 0.484 e. The zero-order valence-electron chi connectivity index (χ0n) is 13.0. The summed E-state index contributed by atoms with van der Waals surface area (Å²) in [7, 11) is 1.24. The minimum Gasteiger partial charge on any atom is -0.484 e. The van der Waals surface area contributed by atoms with Gasteiger partial charge in [0.2, 0.25) is 0 Å². The lowest BCUT2D eigenvalue weighted by molar-refractivity contribution is -0.144. The Bertz CT molecular complexity index is 795. The van der Waals surface area contributed by atoms with Crippen LogP contribution in [0.5, 0.6) is 5.75 Å². The molecule has 1 atom stereocenters. The normalized spacial score (nSPS) is 11.8. The van der Waals surface area contributed by atoms with Crippen LogP contribution in [0.1, 0.15) is 12.5 Å². The highest BCUT2D eigenvalue weighted by molar-refractivity contribution is 5.85. The first-order valence-electron chi connectivity index (χ1n) is 6.95. The molecule has 1 amide bonds. The van der Waals surface area contributed by atoms with Crippen LogP contribution in [0.25, 0.3) is 11.0 Å². The molecule has 0 bridgehead atoms. The predicted molar refractivity (Wildman–Crippen MR) is 82.3 cm³/mol. The third kappa shape index (κ3) is 4.09. The molecular weight excluding hydrogens is 302 g/mol. The first kappa shape index (κ1) is 16.5. The van der Waals surface area contributed by atoms with Crippen LogP contribution in [0.2, 0.25) is 0 Å². The molecule has 1 aromatic carbocycles. The second-order valence-corrected chi connectivity index (χ2v) is 5.01. The van der Waals surface area contributed by atoms with Crippen LogP contribution in [0.3, 0.4) is 0 Å². The topological polar surface area (TPSA) is 94.8 Å². The summed E-state index contributed by atoms with van der Waals surface area (Å²) in [4.78, 5) is 34.3. The molecule has 1 N–H and O–H groups in total. The van der Waals surface area contributed by atoms with Gasteiger partial charge in [-0.2, -0.15) is 0 Å². The summed E-state index contributed by atoms with van der Waals surface area (Å²) >= 11 is 0. The molecule has 0 unspecified atom stereocenters. The highest BCUT2D eigenvalue weighted by Gasteiger charge is 2.16. The van der Waals surface area contributed by atoms with Crippen molar-refractivity contribution in [2.45, 2.75) is 19.9 Å². The molecule has 0 aliphatic rings. The quantitative estimate of drug-likeness (QED) is 0.656. The number of esters is 1. The van der Waals surface area contributed by atoms with Crippen molar-refractivity contribution in [3.05, 3.63) is 40.2 Å². The van der Waals surface area contributed by atoms with Gasteiger partial charge in [-0.05, 0) is 31.5 Å². The Balaban J connectivity index is 2.03. The van der Waals surface area contributed by atoms with Crippen LogP contribution in [0.15, 0.2) is 33.5 Å². The molecule has 2 rings (SSSR count). The van der Waals surface area contributed by atoms with Crippen molar-refractivity contribution >= 4 is 22.8 Å². The molecule has 0 aliphatic carbocycles. The van der Waals surface area contributed by atoms with Crippen molar-refractivity contribution in [2.75, 3.05) is 13.7 Å². The number of rotatable bonds is 5. The molecule has 0 saturated carbocycles. The molecule has 23 heavy (non-hydrogen) atoms. The highest BCUT2D eigenvalue weighted by Crippen LogP contribution is 2.22. The van der Waals surface area contributed by atoms with E-state index < -0.39 is 23.5 Å². The van der Waals surface area contributed by atoms with Crippen molar-refractivity contribution in [3.63, 3.8) is 0 Å². The number of nitrogens with one attached hydrogen (secondary N) is 1. The van der Waals surface area contributed by atoms with Crippen molar-refractivity contribution < 1.29 is 23.5 Å². The zero-order valence-corrected chi connectivity index (χ0v) is 13.0. The highest BCUT2D eigenvalue weighted by atomic mass is 16.5. The molecular formula is C16H17NO6. The summed E-state index contributed by atoms with van der Waals surface area (Å²) < 4.78 is 15.0. The van der Waals surface area contributed by atoms with Crippen molar-refractivity contribution in [1.29, 1.82) is 0 Å². The van der Waals surface area contributed by atoms with E-state index >= 15 is 0 Å². The molecule has 0 spiro atoms. The summed E-state index contributed by atoms with van der Waals surface area (Å²) in [6, 6.07) is 5.61. The summed E-state index contributed by atoms with van der Waals surface area (Å²) in [6.07, 6.45) is 0. The monoisotopic (exact) mass is 319 g/mol. The number of carbonyl (C=O) groups excluding carboxylic acids is 2. The SMILES string of the molecule is COC(=O)[C@H](C)NC(=O)COc1ccc2c(C)cc(=O)oc2c1. The number of amides is 1. The lowest BCUT2D eigenvalue weighted by atomic mass is 10.1. The standard InChI is InChI=1S/C16H17NO6/c1-9-6-15(19)23-13-7-11(4-5-12(9)13)22-8-14(18)17-10(2)16(20)21-3/h4-7,10H,8H2,1-3H3,(H,17,18)/t10-/m0/s1. The van der Waals surface area contributed by atoms with Gasteiger partial charge in [0, 0.05) is 17.5 Å². The van der Waals surface area contributed by atoms with Gasteiger partial charge in [-0.25, -0.2) is 9.59 Å². The fourth-order valence-corrected chi connectivity index (χ4v) is 2.06.